The number of hydrogen-bond donors (Lipinski definition) is 0. The van der Waals surface area contributed by atoms with Crippen LogP contribution in [0.15, 0.2) is 0 Å². The smallest absolute Gasteiger partial charge is 0.148 e. The van der Waals surface area contributed by atoms with Crippen LogP contribution in [0.1, 0.15) is 13.8 Å². The zero-order chi connectivity index (χ0) is 6.31. The van der Waals surface area contributed by atoms with E-state index in [2.05, 4.69) is 11.8 Å². The Bertz CT molecular complexity index is 114. The van der Waals surface area contributed by atoms with Gasteiger partial charge in [-0.1, -0.05) is 0 Å². The summed E-state index contributed by atoms with van der Waals surface area (Å²) in [5.74, 6) is 0.292. The van der Waals surface area contributed by atoms with Crippen LogP contribution in [0.5, 0.6) is 0 Å². The molecular formula is C6H11NO. The van der Waals surface area contributed by atoms with E-state index in [9.17, 15) is 4.79 Å². The quantitative estimate of drug-likeness (QED) is 0.455. The second kappa shape index (κ2) is 1.55. The van der Waals surface area contributed by atoms with E-state index >= 15 is 0 Å². The molecule has 1 aliphatic rings. The number of hydrogen-bond acceptors (Lipinski definition) is 2. The van der Waals surface area contributed by atoms with E-state index in [1.54, 1.807) is 6.92 Å². The van der Waals surface area contributed by atoms with Crippen LogP contribution >= 0.6 is 0 Å². The minimum atomic E-state index is 0.231. The lowest BCUT2D eigenvalue weighted by atomic mass is 10.3. The third-order valence-electron chi connectivity index (χ3n) is 1.86. The first-order valence-corrected chi connectivity index (χ1v) is 2.87. The molecule has 0 aliphatic carbocycles. The monoisotopic (exact) mass is 113 g/mol. The third-order valence-corrected chi connectivity index (χ3v) is 1.86. The molecule has 0 radical (unpaired) electrons. The van der Waals surface area contributed by atoms with Gasteiger partial charge >= 0.3 is 0 Å². The van der Waals surface area contributed by atoms with Crippen molar-refractivity contribution >= 4 is 5.78 Å². The lowest BCUT2D eigenvalue weighted by molar-refractivity contribution is -0.117. The Morgan fingerprint density at radius 2 is 2.00 bits per heavy atom. The Morgan fingerprint density at radius 1 is 1.62 bits per heavy atom. The highest BCUT2D eigenvalue weighted by atomic mass is 16.1. The van der Waals surface area contributed by atoms with Crippen molar-refractivity contribution in [3.05, 3.63) is 0 Å². The topological polar surface area (TPSA) is 20.1 Å². The molecule has 0 amide bonds. The van der Waals surface area contributed by atoms with Gasteiger partial charge in [-0.05, 0) is 20.9 Å². The average Bonchev–Trinajstić information content (AvgIpc) is 2.15. The van der Waals surface area contributed by atoms with E-state index in [4.69, 9.17) is 0 Å². The number of likely N-dealkylation sites (N-methyl/N-ethyl adjacent to an activating group) is 1. The van der Waals surface area contributed by atoms with Crippen LogP contribution in [-0.4, -0.2) is 29.8 Å². The van der Waals surface area contributed by atoms with Crippen LogP contribution in [0.3, 0.4) is 0 Å². The molecule has 1 fully saturated rings. The summed E-state index contributed by atoms with van der Waals surface area (Å²) < 4.78 is 0. The Balaban J connectivity index is 2.44. The van der Waals surface area contributed by atoms with Gasteiger partial charge in [0.25, 0.3) is 0 Å². The van der Waals surface area contributed by atoms with E-state index in [1.807, 2.05) is 7.05 Å². The summed E-state index contributed by atoms with van der Waals surface area (Å²) in [5, 5.41) is 0. The molecule has 1 rings (SSSR count). The molecule has 1 saturated heterocycles. The second-order valence-corrected chi connectivity index (χ2v) is 2.46. The molecule has 0 aromatic carbocycles. The van der Waals surface area contributed by atoms with Crippen LogP contribution < -0.4 is 0 Å². The highest BCUT2D eigenvalue weighted by molar-refractivity contribution is 5.85. The van der Waals surface area contributed by atoms with Crippen LogP contribution in [-0.2, 0) is 4.79 Å². The molecule has 1 aliphatic heterocycles. The van der Waals surface area contributed by atoms with Crippen LogP contribution in [0.25, 0.3) is 0 Å². The van der Waals surface area contributed by atoms with Gasteiger partial charge in [-0.3, -0.25) is 9.69 Å². The molecule has 1 heterocycles. The molecule has 3 atom stereocenters. The molecule has 0 spiro atoms. The van der Waals surface area contributed by atoms with Gasteiger partial charge < -0.3 is 0 Å². The van der Waals surface area contributed by atoms with Gasteiger partial charge in [-0.2, -0.15) is 0 Å². The fraction of sp³-hybridized carbons (Fsp3) is 0.833. The normalized spacial score (nSPS) is 44.1. The predicted octanol–water partition coefficient (Wildman–Crippen LogP) is 0.278. The number of Topliss-reactive ketones (excluding diaryl/α,β-unsaturated/α-hetero) is 1. The Kier molecular flexibility index (Phi) is 1.12. The lowest BCUT2D eigenvalue weighted by Crippen LogP contribution is -2.05. The number of carbonyl (C=O) groups is 1. The number of nitrogens with zero attached hydrogens (tertiary/aromatic N) is 1. The third kappa shape index (κ3) is 0.650. The summed E-state index contributed by atoms with van der Waals surface area (Å²) in [7, 11) is 1.97. The summed E-state index contributed by atoms with van der Waals surface area (Å²) in [6.45, 7) is 3.71. The number of carbonyl (C=O) groups excluding carboxylic acids is 1. The minimum Gasteiger partial charge on any atom is -0.298 e. The number of ketones is 1. The first-order chi connectivity index (χ1) is 3.64. The highest BCUT2D eigenvalue weighted by Gasteiger charge is 2.43. The van der Waals surface area contributed by atoms with Crippen molar-refractivity contribution in [2.75, 3.05) is 7.05 Å². The predicted molar refractivity (Wildman–Crippen MR) is 31.7 cm³/mol. The average molecular weight is 113 g/mol. The van der Waals surface area contributed by atoms with Gasteiger partial charge in [0, 0.05) is 6.04 Å². The summed E-state index contributed by atoms with van der Waals surface area (Å²) in [6, 6.07) is 0.725. The molecule has 0 saturated carbocycles. The van der Waals surface area contributed by atoms with E-state index in [0.717, 1.165) is 0 Å². The fourth-order valence-corrected chi connectivity index (χ4v) is 1.12. The Hall–Kier alpha value is -0.370. The zero-order valence-corrected chi connectivity index (χ0v) is 5.51. The van der Waals surface area contributed by atoms with Gasteiger partial charge in [0.1, 0.15) is 5.78 Å². The van der Waals surface area contributed by atoms with E-state index in [0.29, 0.717) is 11.8 Å². The van der Waals surface area contributed by atoms with Crippen molar-refractivity contribution < 1.29 is 4.79 Å². The Labute approximate surface area is 49.5 Å². The second-order valence-electron chi connectivity index (χ2n) is 2.46. The largest absolute Gasteiger partial charge is 0.298 e. The maximum Gasteiger partial charge on any atom is 0.148 e. The van der Waals surface area contributed by atoms with Gasteiger partial charge in [0.2, 0.25) is 0 Å². The van der Waals surface area contributed by atoms with Crippen LogP contribution in [0.2, 0.25) is 0 Å². The Morgan fingerprint density at radius 3 is 2.00 bits per heavy atom. The van der Waals surface area contributed by atoms with Crippen molar-refractivity contribution in [3.63, 3.8) is 0 Å². The summed E-state index contributed by atoms with van der Waals surface area (Å²) in [5.41, 5.74) is 0. The molecule has 2 heteroatoms. The molecule has 46 valence electrons. The maximum absolute atomic E-state index is 10.6. The van der Waals surface area contributed by atoms with Crippen molar-refractivity contribution in [2.45, 2.75) is 25.9 Å². The molecule has 8 heavy (non-hydrogen) atoms. The molecule has 0 bridgehead atoms. The molecule has 1 unspecified atom stereocenters. The van der Waals surface area contributed by atoms with Gasteiger partial charge in [0.05, 0.1) is 6.04 Å². The van der Waals surface area contributed by atoms with Gasteiger partial charge in [-0.25, -0.2) is 0 Å². The van der Waals surface area contributed by atoms with Crippen molar-refractivity contribution in [2.24, 2.45) is 0 Å². The van der Waals surface area contributed by atoms with Crippen molar-refractivity contribution in [1.29, 1.82) is 0 Å². The summed E-state index contributed by atoms with van der Waals surface area (Å²) in [6.07, 6.45) is 0. The fourth-order valence-electron chi connectivity index (χ4n) is 1.12. The zero-order valence-electron chi connectivity index (χ0n) is 5.51. The van der Waals surface area contributed by atoms with Crippen molar-refractivity contribution in [1.82, 2.24) is 4.90 Å². The van der Waals surface area contributed by atoms with Crippen LogP contribution in [0.4, 0.5) is 0 Å². The summed E-state index contributed by atoms with van der Waals surface area (Å²) in [4.78, 5) is 12.6. The number of rotatable bonds is 1. The molecule has 2 nitrogen and oxygen atoms in total. The van der Waals surface area contributed by atoms with E-state index in [-0.39, 0.29) is 6.04 Å². The van der Waals surface area contributed by atoms with Gasteiger partial charge in [-0.15, -0.1) is 0 Å². The van der Waals surface area contributed by atoms with E-state index in [1.165, 1.54) is 0 Å². The molecular weight excluding hydrogens is 102 g/mol. The lowest BCUT2D eigenvalue weighted by Gasteiger charge is -1.83. The molecule has 0 aromatic heterocycles. The first-order valence-electron chi connectivity index (χ1n) is 2.87. The summed E-state index contributed by atoms with van der Waals surface area (Å²) >= 11 is 0. The molecule has 0 N–H and O–H groups in total. The highest BCUT2D eigenvalue weighted by Crippen LogP contribution is 2.24. The van der Waals surface area contributed by atoms with Crippen molar-refractivity contribution in [3.8, 4) is 0 Å². The SMILES string of the molecule is CC(=O)[C@H]1[C@H](C)N1C. The standard InChI is InChI=1S/C6H11NO/c1-4-6(5(2)8)7(4)3/h4,6H,1-3H3/t4-,6+,7?/m0/s1. The van der Waals surface area contributed by atoms with E-state index < -0.39 is 0 Å². The minimum absolute atomic E-state index is 0.231. The van der Waals surface area contributed by atoms with Crippen LogP contribution in [0, 0.1) is 0 Å². The molecule has 0 aromatic rings. The maximum atomic E-state index is 10.6. The first kappa shape index (κ1) is 5.76. The van der Waals surface area contributed by atoms with Gasteiger partial charge in [0.15, 0.2) is 0 Å².